The summed E-state index contributed by atoms with van der Waals surface area (Å²) in [4.78, 5) is 26.4. The Labute approximate surface area is 216 Å². The number of aliphatic hydroxyl groups is 1. The molecule has 3 aromatic heterocycles. The van der Waals surface area contributed by atoms with Gasteiger partial charge in [0.05, 0.1) is 23.5 Å². The average Bonchev–Trinajstić information content (AvgIpc) is 3.34. The topological polar surface area (TPSA) is 110 Å². The Morgan fingerprint density at radius 2 is 1.97 bits per heavy atom. The number of nitrogens with one attached hydrogen (secondary N) is 2. The van der Waals surface area contributed by atoms with Gasteiger partial charge in [-0.2, -0.15) is 5.10 Å². The van der Waals surface area contributed by atoms with Gasteiger partial charge in [0.1, 0.15) is 5.82 Å². The molecule has 4 aromatic rings. The number of anilines is 2. The van der Waals surface area contributed by atoms with E-state index in [1.807, 2.05) is 49.8 Å². The van der Waals surface area contributed by atoms with Gasteiger partial charge in [0, 0.05) is 56.6 Å². The minimum Gasteiger partial charge on any atom is -0.393 e. The van der Waals surface area contributed by atoms with E-state index in [2.05, 4.69) is 48.3 Å². The van der Waals surface area contributed by atoms with E-state index in [0.717, 1.165) is 78.9 Å². The van der Waals surface area contributed by atoms with Crippen molar-refractivity contribution in [3.63, 3.8) is 0 Å². The molecular formula is C28H33N7O2. The van der Waals surface area contributed by atoms with Crippen LogP contribution < -0.4 is 10.2 Å². The van der Waals surface area contributed by atoms with Crippen LogP contribution in [0.15, 0.2) is 55.0 Å². The van der Waals surface area contributed by atoms with E-state index < -0.39 is 0 Å². The van der Waals surface area contributed by atoms with Crippen LogP contribution in [0.1, 0.15) is 42.2 Å². The predicted octanol–water partition coefficient (Wildman–Crippen LogP) is 4.08. The molecule has 0 atom stereocenters. The zero-order chi connectivity index (χ0) is 25.8. The SMILES string of the molecule is CCCN(C)c1ccc(NC(=O)c2n[nH]c3ccc(-c4cncc(CN5CCC(O)CC5)c4)cc23)cn1. The number of aliphatic hydroxyl groups excluding tert-OH is 1. The summed E-state index contributed by atoms with van der Waals surface area (Å²) in [6.45, 7) is 5.62. The molecule has 1 aliphatic rings. The minimum atomic E-state index is -0.293. The lowest BCUT2D eigenvalue weighted by atomic mass is 10.0. The van der Waals surface area contributed by atoms with E-state index in [9.17, 15) is 9.90 Å². The lowest BCUT2D eigenvalue weighted by molar-refractivity contribution is 0.0792. The van der Waals surface area contributed by atoms with E-state index in [0.29, 0.717) is 11.4 Å². The van der Waals surface area contributed by atoms with Gasteiger partial charge in [-0.05, 0) is 60.7 Å². The van der Waals surface area contributed by atoms with Gasteiger partial charge in [-0.3, -0.25) is 19.8 Å². The zero-order valence-corrected chi connectivity index (χ0v) is 21.3. The second kappa shape index (κ2) is 11.1. The van der Waals surface area contributed by atoms with Crippen molar-refractivity contribution in [2.24, 2.45) is 0 Å². The number of amides is 1. The molecule has 0 radical (unpaired) electrons. The molecule has 1 saturated heterocycles. The summed E-state index contributed by atoms with van der Waals surface area (Å²) in [6, 6.07) is 11.8. The molecule has 1 fully saturated rings. The first-order chi connectivity index (χ1) is 18.0. The fraction of sp³-hybridized carbons (Fsp3) is 0.357. The highest BCUT2D eigenvalue weighted by Crippen LogP contribution is 2.27. The first-order valence-corrected chi connectivity index (χ1v) is 12.8. The van der Waals surface area contributed by atoms with Crippen LogP contribution in [-0.4, -0.2) is 68.9 Å². The third-order valence-electron chi connectivity index (χ3n) is 6.83. The van der Waals surface area contributed by atoms with E-state index in [4.69, 9.17) is 0 Å². The molecule has 9 heteroatoms. The van der Waals surface area contributed by atoms with Crippen LogP contribution >= 0.6 is 0 Å². The van der Waals surface area contributed by atoms with Gasteiger partial charge >= 0.3 is 0 Å². The Morgan fingerprint density at radius 3 is 2.73 bits per heavy atom. The molecule has 1 amide bonds. The minimum absolute atomic E-state index is 0.183. The van der Waals surface area contributed by atoms with Crippen molar-refractivity contribution in [3.8, 4) is 11.1 Å². The van der Waals surface area contributed by atoms with Gasteiger partial charge in [-0.1, -0.05) is 13.0 Å². The summed E-state index contributed by atoms with van der Waals surface area (Å²) in [7, 11) is 2.00. The van der Waals surface area contributed by atoms with Crippen LogP contribution in [0, 0.1) is 0 Å². The number of fused-ring (bicyclic) bond motifs is 1. The molecule has 4 heterocycles. The van der Waals surface area contributed by atoms with Crippen LogP contribution in [0.2, 0.25) is 0 Å². The molecule has 37 heavy (non-hydrogen) atoms. The summed E-state index contributed by atoms with van der Waals surface area (Å²) >= 11 is 0. The molecule has 0 spiro atoms. The number of nitrogens with zero attached hydrogens (tertiary/aromatic N) is 5. The van der Waals surface area contributed by atoms with Crippen LogP contribution in [0.25, 0.3) is 22.0 Å². The van der Waals surface area contributed by atoms with Crippen LogP contribution in [0.3, 0.4) is 0 Å². The zero-order valence-electron chi connectivity index (χ0n) is 21.3. The van der Waals surface area contributed by atoms with Crippen molar-refractivity contribution in [1.29, 1.82) is 0 Å². The largest absolute Gasteiger partial charge is 0.393 e. The maximum Gasteiger partial charge on any atom is 0.276 e. The number of hydrogen-bond acceptors (Lipinski definition) is 7. The highest BCUT2D eigenvalue weighted by atomic mass is 16.3. The van der Waals surface area contributed by atoms with Gasteiger partial charge in [0.25, 0.3) is 5.91 Å². The summed E-state index contributed by atoms with van der Waals surface area (Å²) < 4.78 is 0. The van der Waals surface area contributed by atoms with E-state index >= 15 is 0 Å². The molecule has 192 valence electrons. The van der Waals surface area contributed by atoms with Gasteiger partial charge in [-0.15, -0.1) is 0 Å². The number of pyridine rings is 2. The fourth-order valence-electron chi connectivity index (χ4n) is 4.76. The number of aromatic amines is 1. The number of hydrogen-bond donors (Lipinski definition) is 3. The van der Waals surface area contributed by atoms with Crippen molar-refractivity contribution in [2.75, 3.05) is 36.9 Å². The molecular weight excluding hydrogens is 466 g/mol. The molecule has 0 aliphatic carbocycles. The Bertz CT molecular complexity index is 1360. The van der Waals surface area contributed by atoms with Crippen LogP contribution in [-0.2, 0) is 6.54 Å². The molecule has 1 aromatic carbocycles. The molecule has 0 saturated carbocycles. The van der Waals surface area contributed by atoms with Gasteiger partial charge < -0.3 is 15.3 Å². The second-order valence-corrected chi connectivity index (χ2v) is 9.70. The molecule has 0 bridgehead atoms. The Hall–Kier alpha value is -3.82. The van der Waals surface area contributed by atoms with Crippen molar-refractivity contribution in [1.82, 2.24) is 25.1 Å². The van der Waals surface area contributed by atoms with E-state index in [-0.39, 0.29) is 12.0 Å². The number of H-pyrrole nitrogens is 1. The van der Waals surface area contributed by atoms with Crippen molar-refractivity contribution >= 4 is 28.3 Å². The third-order valence-corrected chi connectivity index (χ3v) is 6.83. The first-order valence-electron chi connectivity index (χ1n) is 12.8. The lowest BCUT2D eigenvalue weighted by Crippen LogP contribution is -2.35. The maximum absolute atomic E-state index is 13.1. The number of piperidine rings is 1. The highest BCUT2D eigenvalue weighted by Gasteiger charge is 2.18. The summed E-state index contributed by atoms with van der Waals surface area (Å²) in [5.74, 6) is 0.572. The normalized spacial score (nSPS) is 14.7. The van der Waals surface area contributed by atoms with E-state index in [1.54, 1.807) is 6.20 Å². The molecule has 0 unspecified atom stereocenters. The van der Waals surface area contributed by atoms with Crippen molar-refractivity contribution < 1.29 is 9.90 Å². The molecule has 1 aliphatic heterocycles. The highest BCUT2D eigenvalue weighted by molar-refractivity contribution is 6.11. The number of rotatable bonds is 8. The molecule has 3 N–H and O–H groups in total. The number of carbonyl (C=O) groups excluding carboxylic acids is 1. The van der Waals surface area contributed by atoms with Crippen LogP contribution in [0.4, 0.5) is 11.5 Å². The monoisotopic (exact) mass is 499 g/mol. The second-order valence-electron chi connectivity index (χ2n) is 9.70. The van der Waals surface area contributed by atoms with Gasteiger partial charge in [0.15, 0.2) is 5.69 Å². The maximum atomic E-state index is 13.1. The fourth-order valence-corrected chi connectivity index (χ4v) is 4.76. The predicted molar refractivity (Wildman–Crippen MR) is 146 cm³/mol. The lowest BCUT2D eigenvalue weighted by Gasteiger charge is -2.29. The van der Waals surface area contributed by atoms with Crippen molar-refractivity contribution in [2.45, 2.75) is 38.8 Å². The quantitative estimate of drug-likeness (QED) is 0.335. The van der Waals surface area contributed by atoms with E-state index in [1.165, 1.54) is 0 Å². The third kappa shape index (κ3) is 5.79. The number of aromatic nitrogens is 4. The van der Waals surface area contributed by atoms with Crippen LogP contribution in [0.5, 0.6) is 0 Å². The first kappa shape index (κ1) is 24.9. The average molecular weight is 500 g/mol. The summed E-state index contributed by atoms with van der Waals surface area (Å²) in [6.07, 6.45) is 7.87. The summed E-state index contributed by atoms with van der Waals surface area (Å²) in [5.41, 5.74) is 4.82. The smallest absolute Gasteiger partial charge is 0.276 e. The Kier molecular flexibility index (Phi) is 7.43. The Morgan fingerprint density at radius 1 is 1.14 bits per heavy atom. The number of benzene rings is 1. The molecule has 5 rings (SSSR count). The van der Waals surface area contributed by atoms with Gasteiger partial charge in [-0.25, -0.2) is 4.98 Å². The van der Waals surface area contributed by atoms with Gasteiger partial charge in [0.2, 0.25) is 0 Å². The summed E-state index contributed by atoms with van der Waals surface area (Å²) in [5, 5.41) is 20.7. The number of carbonyl (C=O) groups is 1. The Balaban J connectivity index is 1.33. The van der Waals surface area contributed by atoms with Crippen molar-refractivity contribution in [3.05, 3.63) is 66.2 Å². The molecule has 9 nitrogen and oxygen atoms in total. The number of likely N-dealkylation sites (tertiary alicyclic amines) is 1. The standard InChI is InChI=1S/C28H33N7O2/c1-3-10-34(2)26-7-5-22(17-30-26)31-28(37)27-24-14-20(4-6-25(24)32-33-27)21-13-19(15-29-16-21)18-35-11-8-23(36)9-12-35/h4-7,13-17,23,36H,3,8-12,18H2,1-2H3,(H,31,37)(H,32,33).